The summed E-state index contributed by atoms with van der Waals surface area (Å²) in [6.07, 6.45) is 3.76. The molecule has 0 aliphatic carbocycles. The highest BCUT2D eigenvalue weighted by atomic mass is 16.5. The van der Waals surface area contributed by atoms with Gasteiger partial charge >= 0.3 is 0 Å². The lowest BCUT2D eigenvalue weighted by molar-refractivity contribution is 0.484. The van der Waals surface area contributed by atoms with Crippen molar-refractivity contribution in [1.82, 2.24) is 9.97 Å². The van der Waals surface area contributed by atoms with E-state index in [0.717, 1.165) is 33.7 Å². The van der Waals surface area contributed by atoms with Crippen LogP contribution in [0, 0.1) is 0 Å². The Kier molecular flexibility index (Phi) is 3.09. The number of pyridine rings is 1. The summed E-state index contributed by atoms with van der Waals surface area (Å²) in [4.78, 5) is 7.56. The van der Waals surface area contributed by atoms with Crippen LogP contribution in [0.3, 0.4) is 0 Å². The summed E-state index contributed by atoms with van der Waals surface area (Å²) in [5, 5.41) is 1.09. The van der Waals surface area contributed by atoms with Gasteiger partial charge in [-0.15, -0.1) is 0 Å². The molecule has 2 aromatic carbocycles. The first-order valence-corrected chi connectivity index (χ1v) is 7.15. The molecule has 0 radical (unpaired) electrons. The fourth-order valence-electron chi connectivity index (χ4n) is 2.50. The molecule has 1 N–H and O–H groups in total. The van der Waals surface area contributed by atoms with Crippen LogP contribution in [0.4, 0.5) is 0 Å². The van der Waals surface area contributed by atoms with Crippen LogP contribution in [0.2, 0.25) is 0 Å². The van der Waals surface area contributed by atoms with Gasteiger partial charge in [-0.25, -0.2) is 4.98 Å². The minimum absolute atomic E-state index is 0.824. The third kappa shape index (κ3) is 2.33. The topological polar surface area (TPSA) is 37.9 Å². The van der Waals surface area contributed by atoms with Crippen LogP contribution in [0.25, 0.3) is 22.2 Å². The summed E-state index contributed by atoms with van der Waals surface area (Å²) in [6, 6.07) is 21.9. The van der Waals surface area contributed by atoms with Crippen molar-refractivity contribution in [2.75, 3.05) is 0 Å². The Morgan fingerprint density at radius 3 is 2.59 bits per heavy atom. The van der Waals surface area contributed by atoms with Gasteiger partial charge in [0.05, 0.1) is 0 Å². The summed E-state index contributed by atoms with van der Waals surface area (Å²) in [5.74, 6) is 1.65. The van der Waals surface area contributed by atoms with Crippen molar-refractivity contribution < 1.29 is 4.74 Å². The smallest absolute Gasteiger partial charge is 0.137 e. The van der Waals surface area contributed by atoms with Gasteiger partial charge in [-0.3, -0.25) is 0 Å². The molecule has 0 bridgehead atoms. The maximum absolute atomic E-state index is 6.02. The molecule has 0 atom stereocenters. The zero-order valence-electron chi connectivity index (χ0n) is 11.9. The normalized spacial score (nSPS) is 10.7. The quantitative estimate of drug-likeness (QED) is 0.574. The third-order valence-electron chi connectivity index (χ3n) is 3.57. The van der Waals surface area contributed by atoms with E-state index < -0.39 is 0 Å². The number of ether oxygens (including phenoxy) is 1. The molecular formula is C19H14N2O. The van der Waals surface area contributed by atoms with Crippen molar-refractivity contribution in [2.45, 2.75) is 0 Å². The second-order valence-corrected chi connectivity index (χ2v) is 5.05. The molecular weight excluding hydrogens is 272 g/mol. The first kappa shape index (κ1) is 12.7. The average molecular weight is 286 g/mol. The van der Waals surface area contributed by atoms with E-state index >= 15 is 0 Å². The van der Waals surface area contributed by atoms with E-state index in [4.69, 9.17) is 4.74 Å². The van der Waals surface area contributed by atoms with Crippen LogP contribution in [-0.2, 0) is 0 Å². The van der Waals surface area contributed by atoms with Gasteiger partial charge in [0.1, 0.15) is 17.1 Å². The highest BCUT2D eigenvalue weighted by molar-refractivity contribution is 5.83. The second kappa shape index (κ2) is 5.37. The van der Waals surface area contributed by atoms with Crippen LogP contribution in [0.15, 0.2) is 79.1 Å². The molecule has 0 unspecified atom stereocenters. The Balaban J connectivity index is 1.78. The number of nitrogens with one attached hydrogen (secondary N) is 1. The number of benzene rings is 2. The first-order chi connectivity index (χ1) is 10.9. The van der Waals surface area contributed by atoms with Gasteiger partial charge in [0, 0.05) is 28.9 Å². The number of aromatic nitrogens is 2. The first-order valence-electron chi connectivity index (χ1n) is 7.15. The summed E-state index contributed by atoms with van der Waals surface area (Å²) in [6.45, 7) is 0. The van der Waals surface area contributed by atoms with Gasteiger partial charge in [-0.1, -0.05) is 36.4 Å². The highest BCUT2D eigenvalue weighted by Crippen LogP contribution is 2.33. The molecule has 0 aliphatic rings. The van der Waals surface area contributed by atoms with E-state index in [9.17, 15) is 0 Å². The van der Waals surface area contributed by atoms with E-state index in [-0.39, 0.29) is 0 Å². The number of nitrogens with zero attached hydrogens (tertiary/aromatic N) is 1. The van der Waals surface area contributed by atoms with Crippen molar-refractivity contribution in [1.29, 1.82) is 0 Å². The highest BCUT2D eigenvalue weighted by Gasteiger charge is 2.08. The minimum Gasteiger partial charge on any atom is -0.457 e. The lowest BCUT2D eigenvalue weighted by Gasteiger charge is -2.11. The zero-order valence-corrected chi connectivity index (χ0v) is 11.9. The molecule has 4 rings (SSSR count). The Bertz CT molecular complexity index is 913. The molecule has 3 heteroatoms. The van der Waals surface area contributed by atoms with E-state index in [1.807, 2.05) is 73.1 Å². The van der Waals surface area contributed by atoms with Crippen molar-refractivity contribution in [3.63, 3.8) is 0 Å². The van der Waals surface area contributed by atoms with E-state index in [1.165, 1.54) is 0 Å². The molecule has 3 nitrogen and oxygen atoms in total. The van der Waals surface area contributed by atoms with Gasteiger partial charge in [0.15, 0.2) is 0 Å². The van der Waals surface area contributed by atoms with Gasteiger partial charge in [0.2, 0.25) is 0 Å². The molecule has 106 valence electrons. The van der Waals surface area contributed by atoms with Crippen molar-refractivity contribution in [2.24, 2.45) is 0 Å². The molecule has 0 aliphatic heterocycles. The van der Waals surface area contributed by atoms with Gasteiger partial charge < -0.3 is 9.72 Å². The van der Waals surface area contributed by atoms with Crippen LogP contribution < -0.4 is 4.74 Å². The van der Waals surface area contributed by atoms with Crippen LogP contribution in [0.5, 0.6) is 11.5 Å². The summed E-state index contributed by atoms with van der Waals surface area (Å²) >= 11 is 0. The van der Waals surface area contributed by atoms with Crippen molar-refractivity contribution >= 4 is 11.0 Å². The van der Waals surface area contributed by atoms with Crippen molar-refractivity contribution in [3.8, 4) is 22.6 Å². The molecule has 2 heterocycles. The SMILES string of the molecule is c1ccc(Oc2ccccc2-c2cnc3[nH]ccc3c2)cc1. The summed E-state index contributed by atoms with van der Waals surface area (Å²) in [5.41, 5.74) is 2.96. The average Bonchev–Trinajstić information content (AvgIpc) is 3.04. The monoisotopic (exact) mass is 286 g/mol. The standard InChI is InChI=1S/C19H14N2O/c1-2-6-16(7-3-1)22-18-9-5-4-8-17(18)15-12-14-10-11-20-19(14)21-13-15/h1-13H,(H,20,21). The molecule has 4 aromatic rings. The number of fused-ring (bicyclic) bond motifs is 1. The van der Waals surface area contributed by atoms with Gasteiger partial charge in [-0.2, -0.15) is 0 Å². The largest absolute Gasteiger partial charge is 0.457 e. The number of hydrogen-bond donors (Lipinski definition) is 1. The lowest BCUT2D eigenvalue weighted by Crippen LogP contribution is -1.89. The number of rotatable bonds is 3. The predicted molar refractivity (Wildman–Crippen MR) is 88.0 cm³/mol. The summed E-state index contributed by atoms with van der Waals surface area (Å²) in [7, 11) is 0. The van der Waals surface area contributed by atoms with Crippen LogP contribution >= 0.6 is 0 Å². The minimum atomic E-state index is 0.824. The molecule has 0 fully saturated rings. The Labute approximate surface area is 128 Å². The predicted octanol–water partition coefficient (Wildman–Crippen LogP) is 5.02. The second-order valence-electron chi connectivity index (χ2n) is 5.05. The zero-order chi connectivity index (χ0) is 14.8. The summed E-state index contributed by atoms with van der Waals surface area (Å²) < 4.78 is 6.02. The maximum Gasteiger partial charge on any atom is 0.137 e. The lowest BCUT2D eigenvalue weighted by atomic mass is 10.1. The molecule has 0 amide bonds. The molecule has 0 saturated carbocycles. The Hall–Kier alpha value is -3.07. The van der Waals surface area contributed by atoms with E-state index in [1.54, 1.807) is 0 Å². The molecule has 0 saturated heterocycles. The van der Waals surface area contributed by atoms with E-state index in [0.29, 0.717) is 0 Å². The van der Waals surface area contributed by atoms with Gasteiger partial charge in [-0.05, 0) is 30.3 Å². The molecule has 0 spiro atoms. The maximum atomic E-state index is 6.02. The fraction of sp³-hybridized carbons (Fsp3) is 0. The number of hydrogen-bond acceptors (Lipinski definition) is 2. The molecule has 2 aromatic heterocycles. The number of H-pyrrole nitrogens is 1. The third-order valence-corrected chi connectivity index (χ3v) is 3.57. The number of para-hydroxylation sites is 2. The van der Waals surface area contributed by atoms with Crippen molar-refractivity contribution in [3.05, 3.63) is 79.1 Å². The molecule has 22 heavy (non-hydrogen) atoms. The number of aromatic amines is 1. The van der Waals surface area contributed by atoms with Crippen LogP contribution in [0.1, 0.15) is 0 Å². The fourth-order valence-corrected chi connectivity index (χ4v) is 2.50. The van der Waals surface area contributed by atoms with Crippen LogP contribution in [-0.4, -0.2) is 9.97 Å². The Morgan fingerprint density at radius 1 is 0.864 bits per heavy atom. The van der Waals surface area contributed by atoms with E-state index in [2.05, 4.69) is 16.0 Å². The Morgan fingerprint density at radius 2 is 1.68 bits per heavy atom. The van der Waals surface area contributed by atoms with Gasteiger partial charge in [0.25, 0.3) is 0 Å².